The van der Waals surface area contributed by atoms with Crippen LogP contribution in [0.3, 0.4) is 0 Å². The highest BCUT2D eigenvalue weighted by atomic mass is 16.6. The third kappa shape index (κ3) is 6.42. The number of nitrogens with zero attached hydrogens (tertiary/aromatic N) is 1. The topological polar surface area (TPSA) is 97.8 Å². The standard InChI is InChI=1S/C23H34N2O5/c1-23(2,3)30-22(28)25-18(19-10-11-20(26)29-19)14-15-7-6-8-16(13-15)21(27)17-9-4-5-12-24-17/h4-5,9,12,15-16,18-19,21,27H,6-8,10-11,13-14H2,1-3H3,(H,25,28)/t15?,16?,18-,19-,21?/m0/s1. The number of hydrogen-bond donors (Lipinski definition) is 2. The van der Waals surface area contributed by atoms with Crippen LogP contribution in [0.5, 0.6) is 0 Å². The number of pyridine rings is 1. The number of amides is 1. The van der Waals surface area contributed by atoms with Gasteiger partial charge >= 0.3 is 12.1 Å². The van der Waals surface area contributed by atoms with Gasteiger partial charge in [0.25, 0.3) is 0 Å². The maximum absolute atomic E-state index is 12.4. The van der Waals surface area contributed by atoms with Crippen molar-refractivity contribution in [2.45, 2.75) is 89.6 Å². The van der Waals surface area contributed by atoms with Crippen molar-refractivity contribution >= 4 is 12.1 Å². The number of cyclic esters (lactones) is 1. The maximum Gasteiger partial charge on any atom is 0.408 e. The number of carbonyl (C=O) groups excluding carboxylic acids is 2. The number of aliphatic hydroxyl groups excluding tert-OH is 1. The Hall–Kier alpha value is -2.15. The summed E-state index contributed by atoms with van der Waals surface area (Å²) in [5, 5.41) is 13.7. The van der Waals surface area contributed by atoms with Gasteiger partial charge < -0.3 is 19.9 Å². The van der Waals surface area contributed by atoms with E-state index in [4.69, 9.17) is 9.47 Å². The number of aromatic nitrogens is 1. The Morgan fingerprint density at radius 2 is 2.13 bits per heavy atom. The first kappa shape index (κ1) is 22.5. The zero-order chi connectivity index (χ0) is 21.7. The van der Waals surface area contributed by atoms with E-state index < -0.39 is 17.8 Å². The second-order valence-electron chi connectivity index (χ2n) is 9.55. The summed E-state index contributed by atoms with van der Waals surface area (Å²) in [6, 6.07) is 5.30. The summed E-state index contributed by atoms with van der Waals surface area (Å²) < 4.78 is 10.9. The molecule has 7 nitrogen and oxygen atoms in total. The van der Waals surface area contributed by atoms with E-state index in [-0.39, 0.29) is 24.0 Å². The molecular weight excluding hydrogens is 384 g/mol. The monoisotopic (exact) mass is 418 g/mol. The summed E-state index contributed by atoms with van der Waals surface area (Å²) in [4.78, 5) is 28.3. The summed E-state index contributed by atoms with van der Waals surface area (Å²) in [6.07, 6.45) is 5.83. The number of alkyl carbamates (subject to hydrolysis) is 1. The SMILES string of the molecule is CC(C)(C)OC(=O)N[C@@H](CC1CCCC(C(O)c2ccccn2)C1)[C@@H]1CCC(=O)O1. The van der Waals surface area contributed by atoms with Gasteiger partial charge in [-0.1, -0.05) is 18.9 Å². The van der Waals surface area contributed by atoms with E-state index in [0.29, 0.717) is 30.9 Å². The first-order valence-corrected chi connectivity index (χ1v) is 11.0. The number of nitrogens with one attached hydrogen (secondary N) is 1. The fourth-order valence-corrected chi connectivity index (χ4v) is 4.58. The Morgan fingerprint density at radius 3 is 2.77 bits per heavy atom. The smallest absolute Gasteiger partial charge is 0.408 e. The van der Waals surface area contributed by atoms with Crippen molar-refractivity contribution in [2.75, 3.05) is 0 Å². The summed E-state index contributed by atoms with van der Waals surface area (Å²) in [5.41, 5.74) is 0.111. The largest absolute Gasteiger partial charge is 0.460 e. The molecule has 2 fully saturated rings. The molecule has 2 N–H and O–H groups in total. The zero-order valence-electron chi connectivity index (χ0n) is 18.2. The second-order valence-corrected chi connectivity index (χ2v) is 9.55. The van der Waals surface area contributed by atoms with Gasteiger partial charge in [0.2, 0.25) is 0 Å². The minimum absolute atomic E-state index is 0.131. The molecule has 0 aromatic carbocycles. The van der Waals surface area contributed by atoms with Crippen LogP contribution in [-0.2, 0) is 14.3 Å². The molecule has 0 spiro atoms. The average molecular weight is 419 g/mol. The van der Waals surface area contributed by atoms with Crippen molar-refractivity contribution in [1.82, 2.24) is 10.3 Å². The Bertz CT molecular complexity index is 718. The van der Waals surface area contributed by atoms with Gasteiger partial charge in [-0.2, -0.15) is 0 Å². The third-order valence-corrected chi connectivity index (χ3v) is 5.91. The molecule has 7 heteroatoms. The van der Waals surface area contributed by atoms with Crippen LogP contribution in [0.15, 0.2) is 24.4 Å². The van der Waals surface area contributed by atoms with Gasteiger partial charge in [-0.25, -0.2) is 4.79 Å². The van der Waals surface area contributed by atoms with E-state index in [2.05, 4.69) is 10.3 Å². The molecule has 1 aromatic heterocycles. The molecule has 3 rings (SSSR count). The van der Waals surface area contributed by atoms with Crippen LogP contribution in [0.1, 0.15) is 77.5 Å². The van der Waals surface area contributed by atoms with Gasteiger partial charge in [-0.05, 0) is 70.4 Å². The first-order chi connectivity index (χ1) is 14.2. The number of esters is 1. The van der Waals surface area contributed by atoms with Crippen LogP contribution >= 0.6 is 0 Å². The van der Waals surface area contributed by atoms with Gasteiger partial charge in [0.15, 0.2) is 0 Å². The molecular formula is C23H34N2O5. The van der Waals surface area contributed by atoms with E-state index in [1.54, 1.807) is 6.20 Å². The van der Waals surface area contributed by atoms with Crippen molar-refractivity contribution < 1.29 is 24.2 Å². The molecule has 1 saturated heterocycles. The highest BCUT2D eigenvalue weighted by Crippen LogP contribution is 2.39. The Labute approximate surface area is 178 Å². The van der Waals surface area contributed by atoms with Crippen LogP contribution in [0.2, 0.25) is 0 Å². The molecule has 1 aliphatic heterocycles. The lowest BCUT2D eigenvalue weighted by molar-refractivity contribution is -0.142. The van der Waals surface area contributed by atoms with Crippen LogP contribution in [0.25, 0.3) is 0 Å². The Kier molecular flexibility index (Phi) is 7.34. The molecule has 1 saturated carbocycles. The predicted molar refractivity (Wildman–Crippen MR) is 112 cm³/mol. The van der Waals surface area contributed by atoms with Gasteiger partial charge in [0.05, 0.1) is 17.8 Å². The molecule has 166 valence electrons. The quantitative estimate of drug-likeness (QED) is 0.680. The number of hydrogen-bond acceptors (Lipinski definition) is 6. The minimum Gasteiger partial charge on any atom is -0.460 e. The molecule has 30 heavy (non-hydrogen) atoms. The summed E-state index contributed by atoms with van der Waals surface area (Å²) in [6.45, 7) is 5.46. The lowest BCUT2D eigenvalue weighted by Gasteiger charge is -2.35. The fourth-order valence-electron chi connectivity index (χ4n) is 4.58. The number of rotatable bonds is 6. The van der Waals surface area contributed by atoms with E-state index in [0.717, 1.165) is 25.7 Å². The average Bonchev–Trinajstić information content (AvgIpc) is 3.13. The lowest BCUT2D eigenvalue weighted by atomic mass is 9.75. The van der Waals surface area contributed by atoms with Crippen molar-refractivity contribution in [3.8, 4) is 0 Å². The van der Waals surface area contributed by atoms with Crippen LogP contribution in [0.4, 0.5) is 4.79 Å². The second kappa shape index (κ2) is 9.77. The van der Waals surface area contributed by atoms with Crippen molar-refractivity contribution in [3.05, 3.63) is 30.1 Å². The van der Waals surface area contributed by atoms with Gasteiger partial charge in [-0.3, -0.25) is 9.78 Å². The summed E-state index contributed by atoms with van der Waals surface area (Å²) >= 11 is 0. The molecule has 3 unspecified atom stereocenters. The summed E-state index contributed by atoms with van der Waals surface area (Å²) in [5.74, 6) is 0.233. The molecule has 5 atom stereocenters. The van der Waals surface area contributed by atoms with E-state index >= 15 is 0 Å². The Morgan fingerprint density at radius 1 is 1.33 bits per heavy atom. The van der Waals surface area contributed by atoms with Gasteiger partial charge in [0.1, 0.15) is 11.7 Å². The van der Waals surface area contributed by atoms with Crippen LogP contribution in [-0.4, -0.2) is 39.9 Å². The number of aliphatic hydroxyl groups is 1. The first-order valence-electron chi connectivity index (χ1n) is 11.0. The molecule has 1 aromatic rings. The van der Waals surface area contributed by atoms with E-state index in [9.17, 15) is 14.7 Å². The van der Waals surface area contributed by atoms with Crippen molar-refractivity contribution in [1.29, 1.82) is 0 Å². The summed E-state index contributed by atoms with van der Waals surface area (Å²) in [7, 11) is 0. The molecule has 2 heterocycles. The van der Waals surface area contributed by atoms with Gasteiger partial charge in [0, 0.05) is 12.6 Å². The Balaban J connectivity index is 1.64. The van der Waals surface area contributed by atoms with Crippen molar-refractivity contribution in [2.24, 2.45) is 11.8 Å². The maximum atomic E-state index is 12.4. The van der Waals surface area contributed by atoms with Crippen LogP contribution in [0, 0.1) is 11.8 Å². The molecule has 2 aliphatic rings. The van der Waals surface area contributed by atoms with E-state index in [1.165, 1.54) is 0 Å². The molecule has 0 radical (unpaired) electrons. The van der Waals surface area contributed by atoms with Crippen LogP contribution < -0.4 is 5.32 Å². The van der Waals surface area contributed by atoms with Crippen molar-refractivity contribution in [3.63, 3.8) is 0 Å². The van der Waals surface area contributed by atoms with E-state index in [1.807, 2.05) is 39.0 Å². The normalized spacial score (nSPS) is 26.5. The zero-order valence-corrected chi connectivity index (χ0v) is 18.2. The minimum atomic E-state index is -0.594. The number of carbonyl (C=O) groups is 2. The molecule has 0 bridgehead atoms. The highest BCUT2D eigenvalue weighted by molar-refractivity contribution is 5.72. The highest BCUT2D eigenvalue weighted by Gasteiger charge is 2.37. The number of ether oxygens (including phenoxy) is 2. The van der Waals surface area contributed by atoms with Gasteiger partial charge in [-0.15, -0.1) is 0 Å². The molecule has 1 aliphatic carbocycles. The lowest BCUT2D eigenvalue weighted by Crippen LogP contribution is -2.46. The predicted octanol–water partition coefficient (Wildman–Crippen LogP) is 3.91. The fraction of sp³-hybridized carbons (Fsp3) is 0.696. The third-order valence-electron chi connectivity index (χ3n) is 5.91. The molecule has 1 amide bonds.